The lowest BCUT2D eigenvalue weighted by Gasteiger charge is -2.10. The first-order chi connectivity index (χ1) is 12.1. The Morgan fingerprint density at radius 3 is 2.27 bits per heavy atom. The van der Waals surface area contributed by atoms with Crippen LogP contribution in [-0.2, 0) is 20.3 Å². The van der Waals surface area contributed by atoms with Gasteiger partial charge in [0.2, 0.25) is 0 Å². The lowest BCUT2D eigenvalue weighted by atomic mass is 10.1. The molecule has 138 valence electrons. The summed E-state index contributed by atoms with van der Waals surface area (Å²) < 4.78 is 27.7. The van der Waals surface area contributed by atoms with E-state index in [1.807, 2.05) is 0 Å². The van der Waals surface area contributed by atoms with E-state index < -0.39 is 15.8 Å². The highest BCUT2D eigenvalue weighted by molar-refractivity contribution is 7.89. The molecular formula is C19H21NO5S. The zero-order valence-electron chi connectivity index (χ0n) is 14.9. The number of anilines is 1. The lowest BCUT2D eigenvalue weighted by Crippen LogP contribution is -2.14. The van der Waals surface area contributed by atoms with E-state index in [4.69, 9.17) is 4.74 Å². The predicted octanol–water partition coefficient (Wildman–Crippen LogP) is 3.05. The standard InChI is InChI=1S/C19H21NO5S/c1-13(2)25-19(22)16-5-4-6-17(11-16)20-18(21)15-9-7-14(8-10-15)12-26(3,23)24/h4-11,13H,12H2,1-3H3,(H,20,21). The lowest BCUT2D eigenvalue weighted by molar-refractivity contribution is 0.0377. The van der Waals surface area contributed by atoms with Gasteiger partial charge in [-0.1, -0.05) is 18.2 Å². The molecule has 6 nitrogen and oxygen atoms in total. The molecule has 0 spiro atoms. The number of rotatable bonds is 6. The molecule has 1 N–H and O–H groups in total. The summed E-state index contributed by atoms with van der Waals surface area (Å²) in [6.07, 6.45) is 0.927. The summed E-state index contributed by atoms with van der Waals surface area (Å²) in [6, 6.07) is 12.8. The van der Waals surface area contributed by atoms with Crippen LogP contribution in [0.2, 0.25) is 0 Å². The van der Waals surface area contributed by atoms with Crippen LogP contribution in [0.1, 0.15) is 40.1 Å². The monoisotopic (exact) mass is 375 g/mol. The van der Waals surface area contributed by atoms with Crippen LogP contribution in [0, 0.1) is 0 Å². The zero-order chi connectivity index (χ0) is 19.3. The molecule has 2 rings (SSSR count). The largest absolute Gasteiger partial charge is 0.459 e. The highest BCUT2D eigenvalue weighted by Gasteiger charge is 2.12. The quantitative estimate of drug-likeness (QED) is 0.784. The molecule has 0 aliphatic heterocycles. The molecule has 0 unspecified atom stereocenters. The third-order valence-electron chi connectivity index (χ3n) is 3.34. The van der Waals surface area contributed by atoms with E-state index in [2.05, 4.69) is 5.32 Å². The van der Waals surface area contributed by atoms with Crippen LogP contribution in [0.5, 0.6) is 0 Å². The van der Waals surface area contributed by atoms with Gasteiger partial charge in [0.15, 0.2) is 9.84 Å². The Morgan fingerprint density at radius 2 is 1.69 bits per heavy atom. The van der Waals surface area contributed by atoms with Crippen LogP contribution >= 0.6 is 0 Å². The molecule has 0 saturated carbocycles. The van der Waals surface area contributed by atoms with Crippen molar-refractivity contribution in [1.82, 2.24) is 0 Å². The van der Waals surface area contributed by atoms with Gasteiger partial charge < -0.3 is 10.1 Å². The molecule has 0 radical (unpaired) electrons. The van der Waals surface area contributed by atoms with E-state index in [0.29, 0.717) is 22.4 Å². The van der Waals surface area contributed by atoms with Crippen molar-refractivity contribution in [2.75, 3.05) is 11.6 Å². The number of benzene rings is 2. The first-order valence-electron chi connectivity index (χ1n) is 8.03. The fourth-order valence-corrected chi connectivity index (χ4v) is 3.06. The fourth-order valence-electron chi connectivity index (χ4n) is 2.26. The van der Waals surface area contributed by atoms with Gasteiger partial charge in [0, 0.05) is 17.5 Å². The fraction of sp³-hybridized carbons (Fsp3) is 0.263. The number of sulfone groups is 1. The predicted molar refractivity (Wildman–Crippen MR) is 99.9 cm³/mol. The number of hydrogen-bond acceptors (Lipinski definition) is 5. The smallest absolute Gasteiger partial charge is 0.338 e. The number of ether oxygens (including phenoxy) is 1. The minimum atomic E-state index is -3.12. The molecule has 0 aliphatic rings. The maximum atomic E-state index is 12.3. The van der Waals surface area contributed by atoms with Gasteiger partial charge in [-0.2, -0.15) is 0 Å². The van der Waals surface area contributed by atoms with Crippen LogP contribution in [0.3, 0.4) is 0 Å². The summed E-state index contributed by atoms with van der Waals surface area (Å²) in [4.78, 5) is 24.3. The first kappa shape index (κ1) is 19.7. The van der Waals surface area contributed by atoms with Gasteiger partial charge in [-0.05, 0) is 49.7 Å². The van der Waals surface area contributed by atoms with Crippen LogP contribution < -0.4 is 5.32 Å². The molecule has 0 fully saturated rings. The van der Waals surface area contributed by atoms with E-state index in [9.17, 15) is 18.0 Å². The highest BCUT2D eigenvalue weighted by Crippen LogP contribution is 2.15. The minimum absolute atomic E-state index is 0.0745. The van der Waals surface area contributed by atoms with Crippen molar-refractivity contribution in [3.8, 4) is 0 Å². The number of carbonyl (C=O) groups is 2. The average molecular weight is 375 g/mol. The van der Waals surface area contributed by atoms with Crippen LogP contribution in [-0.4, -0.2) is 32.7 Å². The SMILES string of the molecule is CC(C)OC(=O)c1cccc(NC(=O)c2ccc(CS(C)(=O)=O)cc2)c1. The molecule has 2 aromatic carbocycles. The maximum Gasteiger partial charge on any atom is 0.338 e. The third kappa shape index (κ3) is 6.00. The molecule has 1 amide bonds. The van der Waals surface area contributed by atoms with Gasteiger partial charge in [0.05, 0.1) is 17.4 Å². The molecular weight excluding hydrogens is 354 g/mol. The Bertz CT molecular complexity index is 902. The van der Waals surface area contributed by atoms with Gasteiger partial charge in [-0.15, -0.1) is 0 Å². The molecule has 2 aromatic rings. The summed E-state index contributed by atoms with van der Waals surface area (Å²) >= 11 is 0. The molecule has 0 heterocycles. The van der Waals surface area contributed by atoms with Gasteiger partial charge in [-0.25, -0.2) is 13.2 Å². The zero-order valence-corrected chi connectivity index (χ0v) is 15.7. The topological polar surface area (TPSA) is 89.5 Å². The molecule has 0 bridgehead atoms. The Balaban J connectivity index is 2.09. The van der Waals surface area contributed by atoms with Gasteiger partial charge in [0.1, 0.15) is 0 Å². The summed E-state index contributed by atoms with van der Waals surface area (Å²) in [5, 5.41) is 2.71. The van der Waals surface area contributed by atoms with Crippen molar-refractivity contribution >= 4 is 27.4 Å². The minimum Gasteiger partial charge on any atom is -0.459 e. The Labute approximate surface area is 153 Å². The first-order valence-corrected chi connectivity index (χ1v) is 10.1. The second-order valence-corrected chi connectivity index (χ2v) is 8.40. The second-order valence-electron chi connectivity index (χ2n) is 6.26. The van der Waals surface area contributed by atoms with Gasteiger partial charge in [-0.3, -0.25) is 4.79 Å². The maximum absolute atomic E-state index is 12.3. The molecule has 0 atom stereocenters. The van der Waals surface area contributed by atoms with Crippen LogP contribution in [0.25, 0.3) is 0 Å². The number of carbonyl (C=O) groups excluding carboxylic acids is 2. The average Bonchev–Trinajstić information content (AvgIpc) is 2.53. The normalized spacial score (nSPS) is 11.2. The van der Waals surface area contributed by atoms with E-state index in [1.54, 1.807) is 62.4 Å². The number of hydrogen-bond donors (Lipinski definition) is 1. The summed E-state index contributed by atoms with van der Waals surface area (Å²) in [6.45, 7) is 3.52. The van der Waals surface area contributed by atoms with Crippen molar-refractivity contribution in [2.45, 2.75) is 25.7 Å². The number of esters is 1. The Kier molecular flexibility index (Phi) is 6.15. The summed E-state index contributed by atoms with van der Waals surface area (Å²) in [5.74, 6) is -0.888. The summed E-state index contributed by atoms with van der Waals surface area (Å²) in [5.41, 5.74) is 1.81. The van der Waals surface area contributed by atoms with Crippen molar-refractivity contribution in [3.63, 3.8) is 0 Å². The Morgan fingerprint density at radius 1 is 1.04 bits per heavy atom. The Hall–Kier alpha value is -2.67. The molecule has 0 aliphatic carbocycles. The van der Waals surface area contributed by atoms with Crippen LogP contribution in [0.4, 0.5) is 5.69 Å². The van der Waals surface area contributed by atoms with E-state index >= 15 is 0 Å². The van der Waals surface area contributed by atoms with Crippen molar-refractivity contribution in [1.29, 1.82) is 0 Å². The van der Waals surface area contributed by atoms with Crippen LogP contribution in [0.15, 0.2) is 48.5 Å². The molecule has 7 heteroatoms. The number of amides is 1. The molecule has 0 saturated heterocycles. The number of nitrogens with one attached hydrogen (secondary N) is 1. The van der Waals surface area contributed by atoms with Gasteiger partial charge >= 0.3 is 5.97 Å². The van der Waals surface area contributed by atoms with Crippen molar-refractivity contribution in [3.05, 3.63) is 65.2 Å². The van der Waals surface area contributed by atoms with E-state index in [0.717, 1.165) is 6.26 Å². The third-order valence-corrected chi connectivity index (χ3v) is 4.20. The van der Waals surface area contributed by atoms with Crippen molar-refractivity contribution < 1.29 is 22.7 Å². The van der Waals surface area contributed by atoms with E-state index in [-0.39, 0.29) is 17.8 Å². The summed E-state index contributed by atoms with van der Waals surface area (Å²) in [7, 11) is -3.12. The second kappa shape index (κ2) is 8.14. The van der Waals surface area contributed by atoms with E-state index in [1.165, 1.54) is 0 Å². The molecule has 26 heavy (non-hydrogen) atoms. The van der Waals surface area contributed by atoms with Gasteiger partial charge in [0.25, 0.3) is 5.91 Å². The van der Waals surface area contributed by atoms with Crippen molar-refractivity contribution in [2.24, 2.45) is 0 Å². The highest BCUT2D eigenvalue weighted by atomic mass is 32.2. The molecule has 0 aromatic heterocycles.